The molecule has 0 aliphatic carbocycles. The van der Waals surface area contributed by atoms with Crippen molar-refractivity contribution in [2.24, 2.45) is 0 Å². The van der Waals surface area contributed by atoms with Gasteiger partial charge in [-0.15, -0.1) is 0 Å². The molecule has 0 heterocycles. The number of carboxylic acid groups (broad SMARTS) is 2. The number of fused-ring (bicyclic) bond motifs is 1. The number of carbonyl (C=O) groups is 2. The fourth-order valence-corrected chi connectivity index (χ4v) is 1.55. The molecule has 0 atom stereocenters. The number of ether oxygens (including phenoxy) is 1. The number of carboxylic acids is 2. The second-order valence-corrected chi connectivity index (χ2v) is 4.15. The molecule has 0 aliphatic heterocycles. The van der Waals surface area contributed by atoms with Crippen molar-refractivity contribution in [1.82, 2.24) is 0 Å². The van der Waals surface area contributed by atoms with Gasteiger partial charge in [0.15, 0.2) is 0 Å². The van der Waals surface area contributed by atoms with Crippen LogP contribution in [0.2, 0.25) is 0 Å². The normalized spacial score (nSPS) is 8.36. The van der Waals surface area contributed by atoms with Gasteiger partial charge in [-0.1, -0.05) is 24.3 Å². The van der Waals surface area contributed by atoms with Crippen molar-refractivity contribution in [2.45, 2.75) is 20.8 Å². The third kappa shape index (κ3) is 9.79. The van der Waals surface area contributed by atoms with E-state index < -0.39 is 11.9 Å². The summed E-state index contributed by atoms with van der Waals surface area (Å²) in [6, 6.07) is 12.4. The van der Waals surface area contributed by atoms with Crippen LogP contribution >= 0.6 is 0 Å². The summed E-state index contributed by atoms with van der Waals surface area (Å²) in [7, 11) is 1.69. The second kappa shape index (κ2) is 11.6. The van der Waals surface area contributed by atoms with Crippen molar-refractivity contribution in [3.8, 4) is 5.75 Å². The van der Waals surface area contributed by atoms with E-state index >= 15 is 0 Å². The maximum atomic E-state index is 8.89. The van der Waals surface area contributed by atoms with Crippen molar-refractivity contribution >= 4 is 22.7 Å². The topological polar surface area (TPSA) is 89.5 Å². The predicted molar refractivity (Wildman–Crippen MR) is 76.6 cm³/mol. The standard InChI is InChI=1S/C12H12O.2C2H4O2.Co/c1-9-4-3-5-10-8-11(13-2)6-7-12(9)10;2*1-2(3)4;/h3-8H,1-2H3;2*1H3,(H,3,4);/q;;;+2/p-2. The zero-order valence-electron chi connectivity index (χ0n) is 12.8. The summed E-state index contributed by atoms with van der Waals surface area (Å²) in [6.45, 7) is 4.06. The molecule has 0 amide bonds. The van der Waals surface area contributed by atoms with Crippen molar-refractivity contribution in [1.29, 1.82) is 0 Å². The molecule has 0 aliphatic rings. The van der Waals surface area contributed by atoms with Gasteiger partial charge in [0.25, 0.3) is 0 Å². The Hall–Kier alpha value is -2.05. The largest absolute Gasteiger partial charge is 2.00 e. The van der Waals surface area contributed by atoms with E-state index in [1.54, 1.807) is 7.11 Å². The smallest absolute Gasteiger partial charge is 0.550 e. The summed E-state index contributed by atoms with van der Waals surface area (Å²) in [6.07, 6.45) is 0. The Morgan fingerprint density at radius 3 is 1.95 bits per heavy atom. The Morgan fingerprint density at radius 2 is 1.50 bits per heavy atom. The molecule has 6 heteroatoms. The van der Waals surface area contributed by atoms with E-state index in [9.17, 15) is 0 Å². The molecular formula is C16H18CoO5. The molecule has 0 saturated heterocycles. The summed E-state index contributed by atoms with van der Waals surface area (Å²) in [5, 5.41) is 20.3. The minimum absolute atomic E-state index is 0. The third-order valence-corrected chi connectivity index (χ3v) is 2.31. The number of carbonyl (C=O) groups excluding carboxylic acids is 2. The van der Waals surface area contributed by atoms with Crippen LogP contribution in [0.15, 0.2) is 36.4 Å². The van der Waals surface area contributed by atoms with Crippen LogP contribution in [0.4, 0.5) is 0 Å². The number of aliphatic carboxylic acids is 2. The Morgan fingerprint density at radius 1 is 1.00 bits per heavy atom. The molecule has 2 aromatic rings. The van der Waals surface area contributed by atoms with Crippen molar-refractivity contribution in [2.75, 3.05) is 7.11 Å². The summed E-state index contributed by atoms with van der Waals surface area (Å²) in [5.41, 5.74) is 1.31. The van der Waals surface area contributed by atoms with Crippen molar-refractivity contribution in [3.63, 3.8) is 0 Å². The Kier molecular flexibility index (Phi) is 11.7. The number of hydrogen-bond donors (Lipinski definition) is 0. The molecule has 121 valence electrons. The van der Waals surface area contributed by atoms with E-state index in [1.807, 2.05) is 6.07 Å². The molecule has 0 bridgehead atoms. The summed E-state index contributed by atoms with van der Waals surface area (Å²) in [4.78, 5) is 17.8. The van der Waals surface area contributed by atoms with Crippen molar-refractivity contribution in [3.05, 3.63) is 42.0 Å². The summed E-state index contributed by atoms with van der Waals surface area (Å²) >= 11 is 0. The van der Waals surface area contributed by atoms with Crippen molar-refractivity contribution < 1.29 is 41.3 Å². The molecule has 0 saturated carbocycles. The van der Waals surface area contributed by atoms with Gasteiger partial charge in [0.1, 0.15) is 5.75 Å². The summed E-state index contributed by atoms with van der Waals surface area (Å²) in [5.74, 6) is -1.25. The molecule has 0 aromatic heterocycles. The van der Waals surface area contributed by atoms with Gasteiger partial charge < -0.3 is 24.5 Å². The fourth-order valence-electron chi connectivity index (χ4n) is 1.55. The van der Waals surface area contributed by atoms with Crippen LogP contribution in [0.3, 0.4) is 0 Å². The van der Waals surface area contributed by atoms with Crippen LogP contribution in [-0.4, -0.2) is 19.0 Å². The minimum atomic E-state index is -1.08. The average Bonchev–Trinajstić information content (AvgIpc) is 2.37. The van der Waals surface area contributed by atoms with E-state index in [-0.39, 0.29) is 16.8 Å². The maximum absolute atomic E-state index is 8.89. The van der Waals surface area contributed by atoms with E-state index in [0.717, 1.165) is 19.6 Å². The zero-order chi connectivity index (χ0) is 16.4. The van der Waals surface area contributed by atoms with E-state index in [0.29, 0.717) is 0 Å². The molecular weight excluding hydrogens is 331 g/mol. The Balaban J connectivity index is 0. The van der Waals surface area contributed by atoms with Gasteiger partial charge >= 0.3 is 16.8 Å². The van der Waals surface area contributed by atoms with Crippen LogP contribution in [0.1, 0.15) is 19.4 Å². The quantitative estimate of drug-likeness (QED) is 0.755. The zero-order valence-corrected chi connectivity index (χ0v) is 13.9. The van der Waals surface area contributed by atoms with Gasteiger partial charge in [-0.25, -0.2) is 0 Å². The van der Waals surface area contributed by atoms with E-state index in [1.165, 1.54) is 16.3 Å². The third-order valence-electron chi connectivity index (χ3n) is 2.31. The van der Waals surface area contributed by atoms with Gasteiger partial charge in [-0.2, -0.15) is 0 Å². The van der Waals surface area contributed by atoms with Crippen LogP contribution < -0.4 is 14.9 Å². The molecule has 0 unspecified atom stereocenters. The number of benzene rings is 2. The van der Waals surface area contributed by atoms with Crippen LogP contribution in [0.5, 0.6) is 5.75 Å². The maximum Gasteiger partial charge on any atom is 2.00 e. The first-order valence-electron chi connectivity index (χ1n) is 6.16. The fraction of sp³-hybridized carbons (Fsp3) is 0.250. The van der Waals surface area contributed by atoms with Crippen LogP contribution in [-0.2, 0) is 26.4 Å². The van der Waals surface area contributed by atoms with Crippen LogP contribution in [0.25, 0.3) is 10.8 Å². The predicted octanol–water partition coefficient (Wildman–Crippen LogP) is 0.667. The molecule has 2 rings (SSSR count). The van der Waals surface area contributed by atoms with Gasteiger partial charge in [0.2, 0.25) is 0 Å². The first-order valence-corrected chi connectivity index (χ1v) is 6.16. The van der Waals surface area contributed by atoms with Gasteiger partial charge in [0.05, 0.1) is 7.11 Å². The monoisotopic (exact) mass is 349 g/mol. The average molecular weight is 349 g/mol. The van der Waals surface area contributed by atoms with Crippen LogP contribution in [0, 0.1) is 6.92 Å². The molecule has 2 aromatic carbocycles. The molecule has 1 radical (unpaired) electrons. The summed E-state index contributed by atoms with van der Waals surface area (Å²) < 4.78 is 5.16. The number of methoxy groups -OCH3 is 1. The molecule has 0 N–H and O–H groups in total. The molecule has 0 fully saturated rings. The SMILES string of the molecule is CC(=O)[O-].CC(=O)[O-].COc1ccc2c(C)cccc2c1.[Co+2]. The first-order chi connectivity index (χ1) is 9.77. The van der Waals surface area contributed by atoms with Gasteiger partial charge in [-0.05, 0) is 49.2 Å². The van der Waals surface area contributed by atoms with Gasteiger partial charge in [-0.3, -0.25) is 0 Å². The first kappa shape index (κ1) is 22.2. The Labute approximate surface area is 140 Å². The minimum Gasteiger partial charge on any atom is -0.550 e. The van der Waals surface area contributed by atoms with Gasteiger partial charge in [0, 0.05) is 11.9 Å². The van der Waals surface area contributed by atoms with E-state index in [4.69, 9.17) is 24.5 Å². The molecule has 0 spiro atoms. The van der Waals surface area contributed by atoms with E-state index in [2.05, 4.69) is 37.3 Å². The number of rotatable bonds is 1. The number of hydrogen-bond acceptors (Lipinski definition) is 5. The molecule has 5 nitrogen and oxygen atoms in total. The Bertz CT molecular complexity index is 591. The second-order valence-electron chi connectivity index (χ2n) is 4.15. The molecule has 22 heavy (non-hydrogen) atoms. The number of aryl methyl sites for hydroxylation is 1.